The molecule has 0 amide bonds. The summed E-state index contributed by atoms with van der Waals surface area (Å²) >= 11 is 4.50. The Labute approximate surface area is 61.4 Å². The van der Waals surface area contributed by atoms with Gasteiger partial charge < -0.3 is 0 Å². The Morgan fingerprint density at radius 1 is 1.44 bits per heavy atom. The number of carbonyl (C=O) groups is 1. The number of Topliss-reactive ketones (excluding diaryl/α,β-unsaturated/α-hetero) is 1. The van der Waals surface area contributed by atoms with E-state index >= 15 is 0 Å². The van der Waals surface area contributed by atoms with Gasteiger partial charge in [0.15, 0.2) is 0 Å². The molecule has 0 atom stereocenters. The second-order valence-corrected chi connectivity index (χ2v) is 3.19. The lowest BCUT2D eigenvalue weighted by Gasteiger charge is -2.13. The first-order chi connectivity index (χ1) is 3.98. The third-order valence-corrected chi connectivity index (χ3v) is 1.09. The average molecular weight is 143 g/mol. The highest BCUT2D eigenvalue weighted by Gasteiger charge is 2.19. The standard InChI is InChI=1S/C7H11OS/c1-7(2,3)6(8)4-5-9/h4-5H,1-3H3. The number of rotatable bonds is 2. The zero-order valence-electron chi connectivity index (χ0n) is 5.97. The van der Waals surface area contributed by atoms with Crippen molar-refractivity contribution in [3.63, 3.8) is 0 Å². The maximum absolute atomic E-state index is 10.9. The summed E-state index contributed by atoms with van der Waals surface area (Å²) in [6.07, 6.45) is 1.43. The molecule has 0 unspecified atom stereocenters. The molecular weight excluding hydrogens is 132 g/mol. The topological polar surface area (TPSA) is 17.1 Å². The van der Waals surface area contributed by atoms with E-state index in [-0.39, 0.29) is 11.2 Å². The van der Waals surface area contributed by atoms with E-state index < -0.39 is 0 Å². The predicted molar refractivity (Wildman–Crippen MR) is 42.4 cm³/mol. The Morgan fingerprint density at radius 3 is 2.00 bits per heavy atom. The van der Waals surface area contributed by atoms with Crippen LogP contribution in [-0.4, -0.2) is 11.2 Å². The highest BCUT2D eigenvalue weighted by atomic mass is 32.1. The molecule has 51 valence electrons. The largest absolute Gasteiger partial charge is 0.298 e. The summed E-state index contributed by atoms with van der Waals surface area (Å²) in [5.41, 5.74) is -0.282. The summed E-state index contributed by atoms with van der Waals surface area (Å²) in [5.74, 6) is 0.0810. The molecule has 2 heteroatoms. The first-order valence-electron chi connectivity index (χ1n) is 2.81. The zero-order valence-corrected chi connectivity index (χ0v) is 6.79. The van der Waals surface area contributed by atoms with E-state index in [9.17, 15) is 4.79 Å². The molecule has 0 saturated heterocycles. The minimum atomic E-state index is -0.282. The molecule has 0 spiro atoms. The monoisotopic (exact) mass is 143 g/mol. The summed E-state index contributed by atoms with van der Waals surface area (Å²) in [6, 6.07) is 0. The number of carbonyl (C=O) groups excluding carboxylic acids is 1. The van der Waals surface area contributed by atoms with Crippen LogP contribution in [0.5, 0.6) is 0 Å². The Kier molecular flexibility index (Phi) is 2.98. The number of hydrogen-bond acceptors (Lipinski definition) is 2. The van der Waals surface area contributed by atoms with E-state index in [4.69, 9.17) is 0 Å². The van der Waals surface area contributed by atoms with Gasteiger partial charge in [0.1, 0.15) is 5.78 Å². The molecule has 1 radical (unpaired) electrons. The van der Waals surface area contributed by atoms with Crippen LogP contribution in [0.25, 0.3) is 0 Å². The Hall–Kier alpha value is -0.240. The van der Waals surface area contributed by atoms with Crippen LogP contribution >= 0.6 is 12.2 Å². The molecule has 9 heavy (non-hydrogen) atoms. The molecule has 0 aliphatic rings. The maximum Gasteiger partial charge on any atom is 0.146 e. The minimum Gasteiger partial charge on any atom is -0.298 e. The van der Waals surface area contributed by atoms with Crippen molar-refractivity contribution in [2.75, 3.05) is 0 Å². The van der Waals surface area contributed by atoms with Gasteiger partial charge in [0, 0.05) is 5.41 Å². The number of thiocarbonyl (C=S) groups is 1. The van der Waals surface area contributed by atoms with Gasteiger partial charge in [-0.1, -0.05) is 33.0 Å². The fourth-order valence-electron chi connectivity index (χ4n) is 0.312. The lowest BCUT2D eigenvalue weighted by Crippen LogP contribution is -2.20. The Balaban J connectivity index is 3.88. The molecule has 1 nitrogen and oxygen atoms in total. The van der Waals surface area contributed by atoms with E-state index in [0.717, 1.165) is 0 Å². The Bertz CT molecular complexity index is 121. The van der Waals surface area contributed by atoms with Crippen molar-refractivity contribution in [1.29, 1.82) is 0 Å². The summed E-state index contributed by atoms with van der Waals surface area (Å²) in [4.78, 5) is 10.9. The fraction of sp³-hybridized carbons (Fsp3) is 0.571. The van der Waals surface area contributed by atoms with Crippen molar-refractivity contribution in [1.82, 2.24) is 0 Å². The fourth-order valence-corrected chi connectivity index (χ4v) is 0.435. The molecule has 0 aliphatic carbocycles. The first-order valence-corrected chi connectivity index (χ1v) is 3.28. The number of ketones is 1. The third-order valence-electron chi connectivity index (χ3n) is 0.959. The molecular formula is C7H11OS. The van der Waals surface area contributed by atoms with Crippen LogP contribution in [0, 0.1) is 11.8 Å². The second kappa shape index (κ2) is 3.06. The number of hydrogen-bond donors (Lipinski definition) is 0. The molecule has 0 rings (SSSR count). The Morgan fingerprint density at radius 2 is 1.89 bits per heavy atom. The lowest BCUT2D eigenvalue weighted by molar-refractivity contribution is -0.122. The van der Waals surface area contributed by atoms with Gasteiger partial charge in [-0.05, 0) is 5.37 Å². The van der Waals surface area contributed by atoms with Crippen LogP contribution in [-0.2, 0) is 4.79 Å². The van der Waals surface area contributed by atoms with Crippen LogP contribution in [0.1, 0.15) is 20.8 Å². The predicted octanol–water partition coefficient (Wildman–Crippen LogP) is 1.81. The summed E-state index contributed by atoms with van der Waals surface area (Å²) in [5, 5.41) is 1.35. The molecule has 0 saturated carbocycles. The van der Waals surface area contributed by atoms with E-state index in [2.05, 4.69) is 12.2 Å². The molecule has 0 N–H and O–H groups in total. The van der Waals surface area contributed by atoms with Crippen molar-refractivity contribution in [3.8, 4) is 0 Å². The normalized spacial score (nSPS) is 11.0. The van der Waals surface area contributed by atoms with Gasteiger partial charge in [0.25, 0.3) is 0 Å². The van der Waals surface area contributed by atoms with Crippen LogP contribution in [0.2, 0.25) is 0 Å². The van der Waals surface area contributed by atoms with Gasteiger partial charge >= 0.3 is 0 Å². The summed E-state index contributed by atoms with van der Waals surface area (Å²) < 4.78 is 0. The van der Waals surface area contributed by atoms with Crippen molar-refractivity contribution in [3.05, 3.63) is 6.42 Å². The van der Waals surface area contributed by atoms with E-state index in [0.29, 0.717) is 0 Å². The van der Waals surface area contributed by atoms with Gasteiger partial charge in [-0.2, -0.15) is 0 Å². The van der Waals surface area contributed by atoms with Crippen molar-refractivity contribution in [2.45, 2.75) is 20.8 Å². The zero-order chi connectivity index (χ0) is 7.49. The molecule has 0 fully saturated rings. The summed E-state index contributed by atoms with van der Waals surface area (Å²) in [6.45, 7) is 5.60. The van der Waals surface area contributed by atoms with Gasteiger partial charge in [-0.25, -0.2) is 0 Å². The van der Waals surface area contributed by atoms with Gasteiger partial charge in [-0.15, -0.1) is 0 Å². The first kappa shape index (κ1) is 8.76. The van der Waals surface area contributed by atoms with Gasteiger partial charge in [0.2, 0.25) is 0 Å². The molecule has 0 aromatic heterocycles. The third kappa shape index (κ3) is 3.36. The van der Waals surface area contributed by atoms with E-state index in [1.54, 1.807) is 0 Å². The quantitative estimate of drug-likeness (QED) is 0.548. The van der Waals surface area contributed by atoms with Crippen molar-refractivity contribution < 1.29 is 4.79 Å². The van der Waals surface area contributed by atoms with Crippen LogP contribution in [0.4, 0.5) is 0 Å². The average Bonchev–Trinajstić information content (AvgIpc) is 1.64. The highest BCUT2D eigenvalue weighted by Crippen LogP contribution is 2.14. The van der Waals surface area contributed by atoms with E-state index in [1.807, 2.05) is 20.8 Å². The minimum absolute atomic E-state index is 0.0810. The molecule has 0 heterocycles. The highest BCUT2D eigenvalue weighted by molar-refractivity contribution is 7.79. The lowest BCUT2D eigenvalue weighted by atomic mass is 9.89. The second-order valence-electron chi connectivity index (χ2n) is 2.92. The van der Waals surface area contributed by atoms with Crippen LogP contribution in [0.15, 0.2) is 0 Å². The molecule has 0 bridgehead atoms. The van der Waals surface area contributed by atoms with Crippen molar-refractivity contribution in [2.24, 2.45) is 5.41 Å². The van der Waals surface area contributed by atoms with Crippen molar-refractivity contribution >= 4 is 23.4 Å². The summed E-state index contributed by atoms with van der Waals surface area (Å²) in [7, 11) is 0. The van der Waals surface area contributed by atoms with E-state index in [1.165, 1.54) is 11.8 Å². The SMILES string of the molecule is CC(C)(C)C(=O)[CH]C=S. The van der Waals surface area contributed by atoms with Crippen LogP contribution < -0.4 is 0 Å². The smallest absolute Gasteiger partial charge is 0.146 e. The van der Waals surface area contributed by atoms with Crippen LogP contribution in [0.3, 0.4) is 0 Å². The molecule has 0 aliphatic heterocycles. The van der Waals surface area contributed by atoms with Gasteiger partial charge in [0.05, 0.1) is 6.42 Å². The maximum atomic E-state index is 10.9. The van der Waals surface area contributed by atoms with Gasteiger partial charge in [-0.3, -0.25) is 4.79 Å². The molecule has 0 aromatic rings. The molecule has 0 aromatic carbocycles.